The molecule has 1 fully saturated rings. The minimum Gasteiger partial charge on any atom is -0.394 e. The van der Waals surface area contributed by atoms with Crippen LogP contribution >= 0.6 is 0 Å². The molecular formula is C16H25N5O10. The lowest BCUT2D eigenvalue weighted by atomic mass is 10.0. The topological polar surface area (TPSA) is 258 Å². The van der Waals surface area contributed by atoms with Crippen LogP contribution in [0, 0.1) is 0 Å². The quantitative estimate of drug-likeness (QED) is 0.180. The van der Waals surface area contributed by atoms with Gasteiger partial charge in [-0.25, -0.2) is 15.0 Å². The highest BCUT2D eigenvalue weighted by Crippen LogP contribution is 2.31. The summed E-state index contributed by atoms with van der Waals surface area (Å²) in [6, 6.07) is 0. The van der Waals surface area contributed by atoms with Crippen molar-refractivity contribution in [3.63, 3.8) is 0 Å². The summed E-state index contributed by atoms with van der Waals surface area (Å²) in [4.78, 5) is 21.8. The number of carbonyl (C=O) groups excluding carboxylic acids is 1. The van der Waals surface area contributed by atoms with Crippen LogP contribution in [0.15, 0.2) is 12.7 Å². The van der Waals surface area contributed by atoms with E-state index in [2.05, 4.69) is 15.0 Å². The number of fused-ring (bicyclic) bond motifs is 1. The van der Waals surface area contributed by atoms with Crippen LogP contribution in [-0.2, 0) is 9.53 Å². The molecule has 174 valence electrons. The summed E-state index contributed by atoms with van der Waals surface area (Å²) in [6.45, 7) is -1.15. The smallest absolute Gasteiger partial charge is 0.167 e. The van der Waals surface area contributed by atoms with Crippen molar-refractivity contribution in [2.24, 2.45) is 0 Å². The maximum absolute atomic E-state index is 9.95. The molecule has 0 radical (unpaired) electrons. The number of aldehydes is 1. The number of ether oxygens (including phenoxy) is 1. The standard InChI is InChI=1S/C10H13N5O4.C6H12O6/c11-8-5-9(13-2-12-8)15(3-14-5)10-7(18)6(17)4(1-16)19-10;7-1-3(9)5(11)6(12)4(10)2-8/h2-4,6-7,10,16-18H,1H2,(H2,11,12,13);1,3-6,8-12H,2H2/t4-,6-,7-,10-;3-,4+,5+,6+/m10/s1. The molecule has 0 amide bonds. The Hall–Kier alpha value is -2.34. The number of hydrogen-bond donors (Lipinski definition) is 9. The summed E-state index contributed by atoms with van der Waals surface area (Å²) >= 11 is 0. The number of anilines is 1. The minimum absolute atomic E-state index is 0.0258. The Balaban J connectivity index is 0.000000248. The number of nitrogen functional groups attached to an aromatic ring is 1. The molecule has 3 heterocycles. The van der Waals surface area contributed by atoms with E-state index in [9.17, 15) is 15.0 Å². The lowest BCUT2D eigenvalue weighted by Crippen LogP contribution is -2.46. The van der Waals surface area contributed by atoms with Gasteiger partial charge in [0.2, 0.25) is 0 Å². The van der Waals surface area contributed by atoms with Crippen LogP contribution in [0.5, 0.6) is 0 Å². The van der Waals surface area contributed by atoms with Gasteiger partial charge in [-0.2, -0.15) is 0 Å². The number of imidazole rings is 1. The molecule has 31 heavy (non-hydrogen) atoms. The third-order valence-electron chi connectivity index (χ3n) is 4.60. The molecule has 1 aliphatic rings. The fourth-order valence-corrected chi connectivity index (χ4v) is 2.78. The first-order valence-corrected chi connectivity index (χ1v) is 9.01. The second-order valence-electron chi connectivity index (χ2n) is 6.67. The van der Waals surface area contributed by atoms with Crippen LogP contribution in [0.3, 0.4) is 0 Å². The van der Waals surface area contributed by atoms with Gasteiger partial charge < -0.3 is 56.1 Å². The number of rotatable bonds is 7. The predicted molar refractivity (Wildman–Crippen MR) is 99.9 cm³/mol. The molecule has 0 aliphatic carbocycles. The van der Waals surface area contributed by atoms with E-state index in [1.165, 1.54) is 17.2 Å². The Morgan fingerprint density at radius 2 is 1.77 bits per heavy atom. The van der Waals surface area contributed by atoms with E-state index in [1.54, 1.807) is 0 Å². The Labute approximate surface area is 174 Å². The summed E-state index contributed by atoms with van der Waals surface area (Å²) < 4.78 is 6.85. The van der Waals surface area contributed by atoms with Gasteiger partial charge in [0.15, 0.2) is 24.0 Å². The van der Waals surface area contributed by atoms with E-state index in [4.69, 9.17) is 41.1 Å². The fraction of sp³-hybridized carbons (Fsp3) is 0.625. The second kappa shape index (κ2) is 10.8. The zero-order valence-corrected chi connectivity index (χ0v) is 16.0. The highest BCUT2D eigenvalue weighted by atomic mass is 16.6. The maximum Gasteiger partial charge on any atom is 0.167 e. The highest BCUT2D eigenvalue weighted by Gasteiger charge is 2.44. The molecule has 0 aromatic carbocycles. The number of carbonyl (C=O) groups is 1. The molecule has 2 aromatic rings. The van der Waals surface area contributed by atoms with Crippen LogP contribution < -0.4 is 5.73 Å². The summed E-state index contributed by atoms with van der Waals surface area (Å²) in [7, 11) is 0. The maximum atomic E-state index is 9.95. The van der Waals surface area contributed by atoms with Gasteiger partial charge in [-0.1, -0.05) is 0 Å². The van der Waals surface area contributed by atoms with Gasteiger partial charge in [0, 0.05) is 0 Å². The van der Waals surface area contributed by atoms with E-state index in [0.717, 1.165) is 0 Å². The van der Waals surface area contributed by atoms with Crippen molar-refractivity contribution in [1.82, 2.24) is 19.5 Å². The molecule has 0 bridgehead atoms. The molecule has 0 unspecified atom stereocenters. The predicted octanol–water partition coefficient (Wildman–Crippen LogP) is -5.36. The Morgan fingerprint density at radius 1 is 1.10 bits per heavy atom. The second-order valence-corrected chi connectivity index (χ2v) is 6.67. The molecular weight excluding hydrogens is 422 g/mol. The van der Waals surface area contributed by atoms with Crippen molar-refractivity contribution in [3.8, 4) is 0 Å². The molecule has 15 heteroatoms. The van der Waals surface area contributed by atoms with Crippen LogP contribution in [0.1, 0.15) is 6.23 Å². The number of aliphatic hydroxyl groups is 8. The Kier molecular flexibility index (Phi) is 8.69. The molecule has 15 nitrogen and oxygen atoms in total. The molecule has 1 saturated heterocycles. The average Bonchev–Trinajstić information content (AvgIpc) is 3.33. The van der Waals surface area contributed by atoms with Crippen LogP contribution in [-0.4, -0.2) is 123 Å². The lowest BCUT2D eigenvalue weighted by Gasteiger charge is -2.22. The van der Waals surface area contributed by atoms with Crippen LogP contribution in [0.2, 0.25) is 0 Å². The molecule has 0 spiro atoms. The van der Waals surface area contributed by atoms with Crippen molar-refractivity contribution in [1.29, 1.82) is 0 Å². The SMILES string of the molecule is Nc1ncnc2c1ncn2[C@@H]1O[C@H](CO)[C@@H](O)[C@H]1O.O=C[C@H](O)[C@@H](O)[C@H](O)[C@H](O)CO. The fourth-order valence-electron chi connectivity index (χ4n) is 2.78. The van der Waals surface area contributed by atoms with E-state index in [1.807, 2.05) is 0 Å². The number of nitrogens with zero attached hydrogens (tertiary/aromatic N) is 4. The van der Waals surface area contributed by atoms with Gasteiger partial charge >= 0.3 is 0 Å². The normalized spacial score (nSPS) is 27.2. The zero-order valence-electron chi connectivity index (χ0n) is 16.0. The van der Waals surface area contributed by atoms with Crippen molar-refractivity contribution in [2.75, 3.05) is 18.9 Å². The van der Waals surface area contributed by atoms with Crippen molar-refractivity contribution >= 4 is 23.3 Å². The monoisotopic (exact) mass is 447 g/mol. The average molecular weight is 447 g/mol. The van der Waals surface area contributed by atoms with Gasteiger partial charge in [-0.15, -0.1) is 0 Å². The highest BCUT2D eigenvalue weighted by molar-refractivity contribution is 5.81. The van der Waals surface area contributed by atoms with Crippen molar-refractivity contribution in [3.05, 3.63) is 12.7 Å². The van der Waals surface area contributed by atoms with Gasteiger partial charge in [0.1, 0.15) is 54.6 Å². The number of aromatic nitrogens is 4. The first kappa shape index (κ1) is 24.9. The van der Waals surface area contributed by atoms with Crippen LogP contribution in [0.4, 0.5) is 5.82 Å². The number of aliphatic hydroxyl groups excluding tert-OH is 8. The first-order valence-electron chi connectivity index (χ1n) is 9.01. The summed E-state index contributed by atoms with van der Waals surface area (Å²) in [6.07, 6.45) is -8.26. The Morgan fingerprint density at radius 3 is 2.32 bits per heavy atom. The van der Waals surface area contributed by atoms with Crippen LogP contribution in [0.25, 0.3) is 11.2 Å². The third kappa shape index (κ3) is 5.29. The van der Waals surface area contributed by atoms with Crippen molar-refractivity contribution in [2.45, 2.75) is 49.0 Å². The molecule has 1 aliphatic heterocycles. The lowest BCUT2D eigenvalue weighted by molar-refractivity contribution is -0.136. The van der Waals surface area contributed by atoms with Gasteiger partial charge in [0.05, 0.1) is 19.5 Å². The van der Waals surface area contributed by atoms with Gasteiger partial charge in [-0.3, -0.25) is 4.57 Å². The van der Waals surface area contributed by atoms with E-state index < -0.39 is 62.2 Å². The summed E-state index contributed by atoms with van der Waals surface area (Å²) in [5.74, 6) is 0.218. The number of nitrogens with two attached hydrogens (primary N) is 1. The molecule has 0 saturated carbocycles. The minimum atomic E-state index is -1.79. The van der Waals surface area contributed by atoms with Gasteiger partial charge in [0.25, 0.3) is 0 Å². The zero-order chi connectivity index (χ0) is 23.3. The summed E-state index contributed by atoms with van der Waals surface area (Å²) in [5, 5.41) is 72.3. The van der Waals surface area contributed by atoms with Gasteiger partial charge in [-0.05, 0) is 0 Å². The largest absolute Gasteiger partial charge is 0.394 e. The Bertz CT molecular complexity index is 853. The third-order valence-corrected chi connectivity index (χ3v) is 4.60. The molecule has 3 rings (SSSR count). The van der Waals surface area contributed by atoms with E-state index in [-0.39, 0.29) is 12.1 Å². The van der Waals surface area contributed by atoms with Crippen molar-refractivity contribution < 1.29 is 50.4 Å². The van der Waals surface area contributed by atoms with E-state index in [0.29, 0.717) is 11.2 Å². The summed E-state index contributed by atoms with van der Waals surface area (Å²) in [5.41, 5.74) is 6.44. The first-order chi connectivity index (χ1) is 14.7. The molecule has 2 aromatic heterocycles. The number of hydrogen-bond acceptors (Lipinski definition) is 14. The van der Waals surface area contributed by atoms with E-state index >= 15 is 0 Å². The molecule has 8 atom stereocenters. The molecule has 10 N–H and O–H groups in total.